The SMILES string of the molecule is CCC(CC)COc1ccccc1[C@H](C)O. The molecule has 0 heterocycles. The summed E-state index contributed by atoms with van der Waals surface area (Å²) in [5, 5.41) is 9.60. The molecular formula is C14H22O2. The molecule has 90 valence electrons. The van der Waals surface area contributed by atoms with Gasteiger partial charge in [-0.05, 0) is 18.9 Å². The highest BCUT2D eigenvalue weighted by Crippen LogP contribution is 2.25. The van der Waals surface area contributed by atoms with E-state index in [1.807, 2.05) is 24.3 Å². The first-order valence-electron chi connectivity index (χ1n) is 6.08. The Hall–Kier alpha value is -1.02. The third-order valence-electron chi connectivity index (χ3n) is 3.00. The molecule has 2 heteroatoms. The largest absolute Gasteiger partial charge is 0.493 e. The number of hydrogen-bond acceptors (Lipinski definition) is 2. The van der Waals surface area contributed by atoms with Gasteiger partial charge in [0.15, 0.2) is 0 Å². The lowest BCUT2D eigenvalue weighted by atomic mass is 10.1. The summed E-state index contributed by atoms with van der Waals surface area (Å²) in [4.78, 5) is 0. The molecular weight excluding hydrogens is 200 g/mol. The molecule has 1 atom stereocenters. The number of benzene rings is 1. The first kappa shape index (κ1) is 13.0. The van der Waals surface area contributed by atoms with Crippen molar-refractivity contribution < 1.29 is 9.84 Å². The molecule has 0 saturated carbocycles. The van der Waals surface area contributed by atoms with Crippen molar-refractivity contribution in [2.45, 2.75) is 39.7 Å². The quantitative estimate of drug-likeness (QED) is 0.797. The summed E-state index contributed by atoms with van der Waals surface area (Å²) < 4.78 is 5.78. The van der Waals surface area contributed by atoms with E-state index in [1.165, 1.54) is 0 Å². The fraction of sp³-hybridized carbons (Fsp3) is 0.571. The van der Waals surface area contributed by atoms with Crippen LogP contribution in [0, 0.1) is 5.92 Å². The monoisotopic (exact) mass is 222 g/mol. The van der Waals surface area contributed by atoms with Crippen LogP contribution in [0.3, 0.4) is 0 Å². The maximum atomic E-state index is 9.60. The number of aliphatic hydroxyl groups is 1. The first-order valence-corrected chi connectivity index (χ1v) is 6.08. The minimum absolute atomic E-state index is 0.474. The lowest BCUT2D eigenvalue weighted by Crippen LogP contribution is -2.11. The molecule has 0 fully saturated rings. The van der Waals surface area contributed by atoms with Gasteiger partial charge in [0.05, 0.1) is 12.7 Å². The van der Waals surface area contributed by atoms with Gasteiger partial charge in [0.2, 0.25) is 0 Å². The summed E-state index contributed by atoms with van der Waals surface area (Å²) >= 11 is 0. The minimum atomic E-state index is -0.474. The summed E-state index contributed by atoms with van der Waals surface area (Å²) in [7, 11) is 0. The average molecular weight is 222 g/mol. The van der Waals surface area contributed by atoms with Crippen molar-refractivity contribution in [1.29, 1.82) is 0 Å². The Kier molecular flexibility index (Phi) is 5.33. The Bertz CT molecular complexity index is 303. The van der Waals surface area contributed by atoms with Crippen LogP contribution in [-0.4, -0.2) is 11.7 Å². The predicted octanol–water partition coefficient (Wildman–Crippen LogP) is 3.55. The van der Waals surface area contributed by atoms with Crippen molar-refractivity contribution >= 4 is 0 Å². The Labute approximate surface area is 98.3 Å². The zero-order chi connectivity index (χ0) is 12.0. The molecule has 1 aromatic rings. The van der Waals surface area contributed by atoms with Gasteiger partial charge in [0.1, 0.15) is 5.75 Å². The standard InChI is InChI=1S/C14H22O2/c1-4-12(5-2)10-16-14-9-7-6-8-13(14)11(3)15/h6-9,11-12,15H,4-5,10H2,1-3H3/t11-/m0/s1. The zero-order valence-corrected chi connectivity index (χ0v) is 10.4. The van der Waals surface area contributed by atoms with E-state index in [1.54, 1.807) is 6.92 Å². The fourth-order valence-corrected chi connectivity index (χ4v) is 1.69. The first-order chi connectivity index (χ1) is 7.69. The van der Waals surface area contributed by atoms with E-state index in [-0.39, 0.29) is 0 Å². The summed E-state index contributed by atoms with van der Waals surface area (Å²) in [6.07, 6.45) is 1.79. The Morgan fingerprint density at radius 1 is 1.19 bits per heavy atom. The maximum absolute atomic E-state index is 9.60. The van der Waals surface area contributed by atoms with Gasteiger partial charge in [0, 0.05) is 5.56 Å². The second kappa shape index (κ2) is 6.54. The van der Waals surface area contributed by atoms with Crippen LogP contribution >= 0.6 is 0 Å². The lowest BCUT2D eigenvalue weighted by molar-refractivity contribution is 0.184. The fourth-order valence-electron chi connectivity index (χ4n) is 1.69. The highest BCUT2D eigenvalue weighted by Gasteiger charge is 2.10. The number of aliphatic hydroxyl groups excluding tert-OH is 1. The molecule has 0 aromatic heterocycles. The van der Waals surface area contributed by atoms with Gasteiger partial charge in [-0.2, -0.15) is 0 Å². The van der Waals surface area contributed by atoms with Crippen LogP contribution in [0.2, 0.25) is 0 Å². The van der Waals surface area contributed by atoms with Crippen LogP contribution in [0.1, 0.15) is 45.3 Å². The molecule has 1 rings (SSSR count). The van der Waals surface area contributed by atoms with Gasteiger partial charge in [-0.15, -0.1) is 0 Å². The normalized spacial score (nSPS) is 12.8. The van der Waals surface area contributed by atoms with Crippen molar-refractivity contribution in [3.63, 3.8) is 0 Å². The minimum Gasteiger partial charge on any atom is -0.493 e. The second-order valence-electron chi connectivity index (χ2n) is 4.21. The topological polar surface area (TPSA) is 29.5 Å². The molecule has 0 aliphatic heterocycles. The molecule has 0 radical (unpaired) electrons. The van der Waals surface area contributed by atoms with Gasteiger partial charge in [-0.25, -0.2) is 0 Å². The van der Waals surface area contributed by atoms with Crippen molar-refractivity contribution in [2.75, 3.05) is 6.61 Å². The van der Waals surface area contributed by atoms with Crippen molar-refractivity contribution in [2.24, 2.45) is 5.92 Å². The van der Waals surface area contributed by atoms with E-state index in [9.17, 15) is 5.11 Å². The third kappa shape index (κ3) is 3.53. The highest BCUT2D eigenvalue weighted by atomic mass is 16.5. The van der Waals surface area contributed by atoms with E-state index in [2.05, 4.69) is 13.8 Å². The molecule has 2 nitrogen and oxygen atoms in total. The summed E-state index contributed by atoms with van der Waals surface area (Å²) in [6, 6.07) is 7.69. The summed E-state index contributed by atoms with van der Waals surface area (Å²) in [5.41, 5.74) is 0.869. The molecule has 0 unspecified atom stereocenters. The van der Waals surface area contributed by atoms with Gasteiger partial charge in [0.25, 0.3) is 0 Å². The Morgan fingerprint density at radius 2 is 1.81 bits per heavy atom. The molecule has 0 aliphatic carbocycles. The van der Waals surface area contributed by atoms with E-state index in [4.69, 9.17) is 4.74 Å². The number of rotatable bonds is 6. The van der Waals surface area contributed by atoms with Crippen LogP contribution in [0.4, 0.5) is 0 Å². The van der Waals surface area contributed by atoms with Crippen molar-refractivity contribution in [3.8, 4) is 5.75 Å². The molecule has 1 N–H and O–H groups in total. The second-order valence-corrected chi connectivity index (χ2v) is 4.21. The van der Waals surface area contributed by atoms with E-state index < -0.39 is 6.10 Å². The van der Waals surface area contributed by atoms with E-state index in [0.29, 0.717) is 5.92 Å². The van der Waals surface area contributed by atoms with Gasteiger partial charge >= 0.3 is 0 Å². The molecule has 16 heavy (non-hydrogen) atoms. The van der Waals surface area contributed by atoms with Crippen LogP contribution in [0.5, 0.6) is 5.75 Å². The van der Waals surface area contributed by atoms with Crippen LogP contribution in [0.25, 0.3) is 0 Å². The molecule has 0 aliphatic rings. The molecule has 0 spiro atoms. The van der Waals surface area contributed by atoms with Crippen LogP contribution in [0.15, 0.2) is 24.3 Å². The van der Waals surface area contributed by atoms with E-state index >= 15 is 0 Å². The number of para-hydroxylation sites is 1. The lowest BCUT2D eigenvalue weighted by Gasteiger charge is -2.17. The van der Waals surface area contributed by atoms with Crippen LogP contribution < -0.4 is 4.74 Å². The highest BCUT2D eigenvalue weighted by molar-refractivity contribution is 5.34. The number of ether oxygens (including phenoxy) is 1. The smallest absolute Gasteiger partial charge is 0.125 e. The molecule has 1 aromatic carbocycles. The molecule has 0 amide bonds. The third-order valence-corrected chi connectivity index (χ3v) is 3.00. The number of hydrogen-bond donors (Lipinski definition) is 1. The molecule has 0 saturated heterocycles. The Morgan fingerprint density at radius 3 is 2.38 bits per heavy atom. The molecule has 0 bridgehead atoms. The average Bonchev–Trinajstić information content (AvgIpc) is 2.30. The Balaban J connectivity index is 2.66. The maximum Gasteiger partial charge on any atom is 0.125 e. The summed E-state index contributed by atoms with van der Waals surface area (Å²) in [6.45, 7) is 6.85. The van der Waals surface area contributed by atoms with Gasteiger partial charge in [-0.1, -0.05) is 44.9 Å². The zero-order valence-electron chi connectivity index (χ0n) is 10.4. The van der Waals surface area contributed by atoms with Crippen molar-refractivity contribution in [3.05, 3.63) is 29.8 Å². The predicted molar refractivity (Wildman–Crippen MR) is 66.6 cm³/mol. The van der Waals surface area contributed by atoms with Crippen molar-refractivity contribution in [1.82, 2.24) is 0 Å². The van der Waals surface area contributed by atoms with Gasteiger partial charge < -0.3 is 9.84 Å². The van der Waals surface area contributed by atoms with Crippen LogP contribution in [-0.2, 0) is 0 Å². The summed E-state index contributed by atoms with van der Waals surface area (Å²) in [5.74, 6) is 1.41. The van der Waals surface area contributed by atoms with E-state index in [0.717, 1.165) is 30.8 Å². The van der Waals surface area contributed by atoms with Gasteiger partial charge in [-0.3, -0.25) is 0 Å².